The van der Waals surface area contributed by atoms with Crippen LogP contribution in [0.15, 0.2) is 34.9 Å². The first-order valence-corrected chi connectivity index (χ1v) is 6.71. The lowest BCUT2D eigenvalue weighted by atomic mass is 10.0. The maximum atomic E-state index is 5.68. The van der Waals surface area contributed by atoms with Gasteiger partial charge in [0.25, 0.3) is 0 Å². The SMILES string of the molecule is COc1cnn(C)c1C(Cc1ccc(Br)cc1)NN. The highest BCUT2D eigenvalue weighted by atomic mass is 79.9. The van der Waals surface area contributed by atoms with Gasteiger partial charge in [0.15, 0.2) is 5.75 Å². The number of hydrazine groups is 1. The third-order valence-corrected chi connectivity index (χ3v) is 3.58. The van der Waals surface area contributed by atoms with Crippen molar-refractivity contribution >= 4 is 15.9 Å². The van der Waals surface area contributed by atoms with Crippen molar-refractivity contribution in [1.82, 2.24) is 15.2 Å². The number of aryl methyl sites for hydroxylation is 1. The molecule has 1 heterocycles. The van der Waals surface area contributed by atoms with Crippen molar-refractivity contribution in [3.8, 4) is 5.75 Å². The van der Waals surface area contributed by atoms with Crippen molar-refractivity contribution in [2.24, 2.45) is 12.9 Å². The maximum Gasteiger partial charge on any atom is 0.161 e. The number of hydrogen-bond acceptors (Lipinski definition) is 4. The molecule has 0 saturated carbocycles. The molecule has 0 radical (unpaired) electrons. The number of nitrogens with two attached hydrogens (primary N) is 1. The van der Waals surface area contributed by atoms with Gasteiger partial charge in [-0.1, -0.05) is 28.1 Å². The maximum absolute atomic E-state index is 5.68. The van der Waals surface area contributed by atoms with Gasteiger partial charge in [0, 0.05) is 11.5 Å². The molecule has 1 aromatic carbocycles. The van der Waals surface area contributed by atoms with Crippen LogP contribution in [-0.2, 0) is 13.5 Å². The number of rotatable bonds is 5. The largest absolute Gasteiger partial charge is 0.493 e. The standard InChI is InChI=1S/C13H17BrN4O/c1-18-13(12(19-2)8-16-18)11(17-15)7-9-3-5-10(14)6-4-9/h3-6,8,11,17H,7,15H2,1-2H3. The molecule has 19 heavy (non-hydrogen) atoms. The summed E-state index contributed by atoms with van der Waals surface area (Å²) in [6.45, 7) is 0. The van der Waals surface area contributed by atoms with Crippen molar-refractivity contribution in [2.75, 3.05) is 7.11 Å². The fourth-order valence-corrected chi connectivity index (χ4v) is 2.34. The van der Waals surface area contributed by atoms with Crippen molar-refractivity contribution in [3.05, 3.63) is 46.2 Å². The Morgan fingerprint density at radius 1 is 1.42 bits per heavy atom. The van der Waals surface area contributed by atoms with Gasteiger partial charge in [0.05, 0.1) is 25.0 Å². The highest BCUT2D eigenvalue weighted by molar-refractivity contribution is 9.10. The average molecular weight is 325 g/mol. The molecule has 3 N–H and O–H groups in total. The number of nitrogens with zero attached hydrogens (tertiary/aromatic N) is 2. The number of ether oxygens (including phenoxy) is 1. The van der Waals surface area contributed by atoms with E-state index in [1.54, 1.807) is 18.0 Å². The number of aromatic nitrogens is 2. The van der Waals surface area contributed by atoms with E-state index in [-0.39, 0.29) is 6.04 Å². The molecule has 1 unspecified atom stereocenters. The Labute approximate surface area is 120 Å². The van der Waals surface area contributed by atoms with E-state index in [0.29, 0.717) is 0 Å². The summed E-state index contributed by atoms with van der Waals surface area (Å²) in [6, 6.07) is 8.12. The van der Waals surface area contributed by atoms with Crippen LogP contribution in [0.5, 0.6) is 5.75 Å². The quantitative estimate of drug-likeness (QED) is 0.651. The van der Waals surface area contributed by atoms with E-state index in [1.165, 1.54) is 5.56 Å². The van der Waals surface area contributed by atoms with Gasteiger partial charge in [-0.2, -0.15) is 5.10 Å². The second-order valence-electron chi connectivity index (χ2n) is 4.27. The summed E-state index contributed by atoms with van der Waals surface area (Å²) in [6.07, 6.45) is 2.46. The van der Waals surface area contributed by atoms with Gasteiger partial charge in [0.1, 0.15) is 0 Å². The molecule has 2 aromatic rings. The summed E-state index contributed by atoms with van der Waals surface area (Å²) in [5, 5.41) is 4.20. The van der Waals surface area contributed by atoms with Crippen molar-refractivity contribution in [1.29, 1.82) is 0 Å². The van der Waals surface area contributed by atoms with Crippen LogP contribution in [0.4, 0.5) is 0 Å². The highest BCUT2D eigenvalue weighted by Gasteiger charge is 2.19. The lowest BCUT2D eigenvalue weighted by molar-refractivity contribution is 0.394. The molecule has 0 aliphatic carbocycles. The molecule has 0 bridgehead atoms. The number of methoxy groups -OCH3 is 1. The molecule has 0 spiro atoms. The smallest absolute Gasteiger partial charge is 0.161 e. The monoisotopic (exact) mass is 324 g/mol. The zero-order chi connectivity index (χ0) is 13.8. The second kappa shape index (κ2) is 6.18. The molecule has 0 fully saturated rings. The third-order valence-electron chi connectivity index (χ3n) is 3.05. The first kappa shape index (κ1) is 14.0. The van der Waals surface area contributed by atoms with E-state index < -0.39 is 0 Å². The number of hydrogen-bond donors (Lipinski definition) is 2. The zero-order valence-corrected chi connectivity index (χ0v) is 12.5. The van der Waals surface area contributed by atoms with E-state index in [1.807, 2.05) is 19.2 Å². The Morgan fingerprint density at radius 3 is 2.68 bits per heavy atom. The van der Waals surface area contributed by atoms with Crippen LogP contribution < -0.4 is 16.0 Å². The van der Waals surface area contributed by atoms with Crippen LogP contribution in [0, 0.1) is 0 Å². The van der Waals surface area contributed by atoms with Crippen molar-refractivity contribution in [3.63, 3.8) is 0 Å². The minimum atomic E-state index is -0.0522. The Hall–Kier alpha value is -1.37. The predicted octanol–water partition coefficient (Wildman–Crippen LogP) is 1.94. The third kappa shape index (κ3) is 3.15. The predicted molar refractivity (Wildman–Crippen MR) is 77.7 cm³/mol. The normalized spacial score (nSPS) is 12.4. The van der Waals surface area contributed by atoms with Crippen LogP contribution >= 0.6 is 15.9 Å². The summed E-state index contributed by atoms with van der Waals surface area (Å²) in [7, 11) is 3.51. The van der Waals surface area contributed by atoms with Gasteiger partial charge in [-0.25, -0.2) is 0 Å². The first-order chi connectivity index (χ1) is 9.15. The topological polar surface area (TPSA) is 65.1 Å². The molecule has 0 aliphatic rings. The molecule has 0 saturated heterocycles. The zero-order valence-electron chi connectivity index (χ0n) is 10.9. The molecule has 5 nitrogen and oxygen atoms in total. The highest BCUT2D eigenvalue weighted by Crippen LogP contribution is 2.26. The van der Waals surface area contributed by atoms with Gasteiger partial charge < -0.3 is 4.74 Å². The van der Waals surface area contributed by atoms with Crippen molar-refractivity contribution in [2.45, 2.75) is 12.5 Å². The summed E-state index contributed by atoms with van der Waals surface area (Å²) in [5.74, 6) is 6.42. The molecule has 6 heteroatoms. The van der Waals surface area contributed by atoms with Gasteiger partial charge in [-0.15, -0.1) is 0 Å². The Bertz CT molecular complexity index is 538. The summed E-state index contributed by atoms with van der Waals surface area (Å²) < 4.78 is 8.16. The molecule has 1 aromatic heterocycles. The Kier molecular flexibility index (Phi) is 4.57. The number of nitrogens with one attached hydrogen (secondary N) is 1. The van der Waals surface area contributed by atoms with E-state index in [2.05, 4.69) is 38.6 Å². The Balaban J connectivity index is 2.24. The summed E-state index contributed by atoms with van der Waals surface area (Å²) in [4.78, 5) is 0. The number of halogens is 1. The second-order valence-corrected chi connectivity index (χ2v) is 5.19. The molecular formula is C13H17BrN4O. The van der Waals surface area contributed by atoms with Gasteiger partial charge in [-0.3, -0.25) is 16.0 Å². The van der Waals surface area contributed by atoms with Crippen LogP contribution in [0.1, 0.15) is 17.3 Å². The van der Waals surface area contributed by atoms with Crippen LogP contribution in [0.2, 0.25) is 0 Å². The average Bonchev–Trinajstić information content (AvgIpc) is 2.79. The molecule has 0 amide bonds. The van der Waals surface area contributed by atoms with Crippen LogP contribution in [0.25, 0.3) is 0 Å². The van der Waals surface area contributed by atoms with Gasteiger partial charge in [-0.05, 0) is 24.1 Å². The Morgan fingerprint density at radius 2 is 2.11 bits per heavy atom. The van der Waals surface area contributed by atoms with E-state index in [0.717, 1.165) is 22.3 Å². The first-order valence-electron chi connectivity index (χ1n) is 5.92. The summed E-state index contributed by atoms with van der Waals surface area (Å²) in [5.41, 5.74) is 4.96. The minimum Gasteiger partial charge on any atom is -0.493 e. The van der Waals surface area contributed by atoms with Gasteiger partial charge in [0.2, 0.25) is 0 Å². The molecule has 0 aliphatic heterocycles. The summed E-state index contributed by atoms with van der Waals surface area (Å²) >= 11 is 3.43. The van der Waals surface area contributed by atoms with Gasteiger partial charge >= 0.3 is 0 Å². The van der Waals surface area contributed by atoms with Crippen LogP contribution in [0.3, 0.4) is 0 Å². The van der Waals surface area contributed by atoms with Crippen LogP contribution in [-0.4, -0.2) is 16.9 Å². The molecule has 102 valence electrons. The van der Waals surface area contributed by atoms with E-state index in [9.17, 15) is 0 Å². The lowest BCUT2D eigenvalue weighted by Gasteiger charge is -2.17. The number of benzene rings is 1. The van der Waals surface area contributed by atoms with E-state index >= 15 is 0 Å². The van der Waals surface area contributed by atoms with Crippen molar-refractivity contribution < 1.29 is 4.74 Å². The molecular weight excluding hydrogens is 308 g/mol. The fourth-order valence-electron chi connectivity index (χ4n) is 2.07. The molecule has 2 rings (SSSR count). The minimum absolute atomic E-state index is 0.0522. The molecule has 1 atom stereocenters. The fraction of sp³-hybridized carbons (Fsp3) is 0.308. The van der Waals surface area contributed by atoms with E-state index in [4.69, 9.17) is 10.6 Å². The lowest BCUT2D eigenvalue weighted by Crippen LogP contribution is -2.31.